The third kappa shape index (κ3) is 9.27. The number of carboxylic acids is 1. The monoisotopic (exact) mass is 875 g/mol. The number of aromatic nitrogens is 5. The van der Waals surface area contributed by atoms with E-state index in [4.69, 9.17) is 30.8 Å². The predicted molar refractivity (Wildman–Crippen MR) is 229 cm³/mol. The van der Waals surface area contributed by atoms with Crippen molar-refractivity contribution in [3.63, 3.8) is 0 Å². The van der Waals surface area contributed by atoms with Gasteiger partial charge in [-0.05, 0) is 72.9 Å². The highest BCUT2D eigenvalue weighted by molar-refractivity contribution is 7.13. The lowest BCUT2D eigenvalue weighted by Crippen LogP contribution is -2.45. The molecule has 12 nitrogen and oxygen atoms in total. The van der Waals surface area contributed by atoms with E-state index in [1.54, 1.807) is 30.5 Å². The largest absolute Gasteiger partial charge is 0.495 e. The van der Waals surface area contributed by atoms with Crippen LogP contribution in [0, 0.1) is 0 Å². The predicted octanol–water partition coefficient (Wildman–Crippen LogP) is 8.54. The Bertz CT molecular complexity index is 2630. The topological polar surface area (TPSA) is 120 Å². The summed E-state index contributed by atoms with van der Waals surface area (Å²) in [7, 11) is 4.12. The lowest BCUT2D eigenvalue weighted by atomic mass is 9.86. The van der Waals surface area contributed by atoms with Crippen molar-refractivity contribution in [1.29, 1.82) is 0 Å². The maximum atomic E-state index is 13.2. The third-order valence-corrected chi connectivity index (χ3v) is 12.6. The zero-order valence-corrected chi connectivity index (χ0v) is 35.5. The summed E-state index contributed by atoms with van der Waals surface area (Å²) in [6, 6.07) is 16.3. The molecular formula is C44H45ClF3N7O5S. The average Bonchev–Trinajstić information content (AvgIpc) is 3.97. The van der Waals surface area contributed by atoms with Crippen LogP contribution in [0.4, 0.5) is 13.2 Å². The van der Waals surface area contributed by atoms with Gasteiger partial charge in [0.25, 0.3) is 0 Å². The smallest absolute Gasteiger partial charge is 0.408 e. The minimum Gasteiger partial charge on any atom is -0.495 e. The number of likely N-dealkylation sites (N-methyl/N-ethyl adjacent to an activating group) is 1. The van der Waals surface area contributed by atoms with E-state index in [9.17, 15) is 23.1 Å². The van der Waals surface area contributed by atoms with E-state index in [-0.39, 0.29) is 24.6 Å². The molecule has 1 aliphatic carbocycles. The molecule has 5 heterocycles. The molecule has 1 fully saturated rings. The van der Waals surface area contributed by atoms with Crippen LogP contribution in [0.15, 0.2) is 89.6 Å². The van der Waals surface area contributed by atoms with Gasteiger partial charge in [-0.2, -0.15) is 22.6 Å². The number of benzene rings is 2. The molecule has 2 aliphatic rings. The van der Waals surface area contributed by atoms with Crippen molar-refractivity contribution in [1.82, 2.24) is 33.5 Å². The highest BCUT2D eigenvalue weighted by Gasteiger charge is 2.32. The number of alkyl halides is 3. The summed E-state index contributed by atoms with van der Waals surface area (Å²) in [6.07, 6.45) is 0.134. The van der Waals surface area contributed by atoms with Crippen molar-refractivity contribution in [3.05, 3.63) is 106 Å². The van der Waals surface area contributed by atoms with E-state index in [0.717, 1.165) is 87.9 Å². The van der Waals surface area contributed by atoms with Crippen LogP contribution in [0.1, 0.15) is 36.6 Å². The molecule has 61 heavy (non-hydrogen) atoms. The molecule has 1 aliphatic heterocycles. The number of nitrogens with zero attached hydrogens (tertiary/aromatic N) is 7. The molecule has 0 spiro atoms. The fourth-order valence-electron chi connectivity index (χ4n) is 7.97. The first-order valence-corrected chi connectivity index (χ1v) is 21.1. The summed E-state index contributed by atoms with van der Waals surface area (Å²) in [5.41, 5.74) is 5.80. The number of halogens is 4. The quantitative estimate of drug-likeness (QED) is 0.108. The number of carboxylic acid groups (broad SMARTS) is 1. The molecule has 6 aromatic rings. The fraction of sp³-hybridized carbons (Fsp3) is 0.364. The Kier molecular flexibility index (Phi) is 12.4. The van der Waals surface area contributed by atoms with Gasteiger partial charge >= 0.3 is 12.1 Å². The molecule has 8 rings (SSSR count). The highest BCUT2D eigenvalue weighted by Crippen LogP contribution is 2.47. The molecule has 4 aromatic heterocycles. The van der Waals surface area contributed by atoms with Gasteiger partial charge in [0.15, 0.2) is 0 Å². The third-order valence-electron chi connectivity index (χ3n) is 11.3. The van der Waals surface area contributed by atoms with Crippen LogP contribution in [0.5, 0.6) is 11.6 Å². The first-order valence-electron chi connectivity index (χ1n) is 20.0. The maximum Gasteiger partial charge on any atom is 0.408 e. The molecule has 0 saturated carbocycles. The van der Waals surface area contributed by atoms with Crippen LogP contribution >= 0.6 is 23.1 Å². The minimum absolute atomic E-state index is 0.131. The number of carbonyl (C=O) groups is 1. The lowest BCUT2D eigenvalue weighted by Gasteiger charge is -2.32. The Morgan fingerprint density at radius 3 is 2.61 bits per heavy atom. The lowest BCUT2D eigenvalue weighted by molar-refractivity contribution is -0.145. The molecule has 1 saturated heterocycles. The van der Waals surface area contributed by atoms with Gasteiger partial charge < -0.3 is 28.8 Å². The SMILES string of the molecule is CC1=C(c2c(-c3cccc4c3ccn4C)ncc3snc(O[C@H](Cc4ccccc4OCc4ccnn4CC(F)(F)F)C(=O)O)c23)CCC(OCCN2CCN(C)CC2)=C1Cl. The fourth-order valence-corrected chi connectivity index (χ4v) is 8.93. The number of hydrogen-bond donors (Lipinski definition) is 1. The van der Waals surface area contributed by atoms with Gasteiger partial charge in [0.05, 0.1) is 26.5 Å². The number of aryl methyl sites for hydroxylation is 1. The Morgan fingerprint density at radius 1 is 1.02 bits per heavy atom. The van der Waals surface area contributed by atoms with Crippen LogP contribution in [0.2, 0.25) is 0 Å². The van der Waals surface area contributed by atoms with Gasteiger partial charge in [-0.15, -0.1) is 0 Å². The average molecular weight is 876 g/mol. The van der Waals surface area contributed by atoms with Crippen molar-refractivity contribution in [3.8, 4) is 22.9 Å². The van der Waals surface area contributed by atoms with Gasteiger partial charge in [-0.1, -0.05) is 41.9 Å². The van der Waals surface area contributed by atoms with E-state index >= 15 is 0 Å². The Morgan fingerprint density at radius 2 is 1.82 bits per heavy atom. The number of rotatable bonds is 15. The number of ether oxygens (including phenoxy) is 3. The van der Waals surface area contributed by atoms with Gasteiger partial charge in [0, 0.05) is 93.2 Å². The van der Waals surface area contributed by atoms with E-state index in [2.05, 4.69) is 32.4 Å². The van der Waals surface area contributed by atoms with Crippen molar-refractivity contribution in [2.75, 3.05) is 46.4 Å². The van der Waals surface area contributed by atoms with Gasteiger partial charge in [-0.25, -0.2) is 4.79 Å². The summed E-state index contributed by atoms with van der Waals surface area (Å²) in [5.74, 6) is -0.0633. The number of para-hydroxylation sites is 1. The zero-order chi connectivity index (χ0) is 42.8. The summed E-state index contributed by atoms with van der Waals surface area (Å²) >= 11 is 8.33. The van der Waals surface area contributed by atoms with Crippen molar-refractivity contribution < 1.29 is 37.3 Å². The zero-order valence-electron chi connectivity index (χ0n) is 33.9. The normalized spacial score (nSPS) is 16.2. The highest BCUT2D eigenvalue weighted by atomic mass is 35.5. The standard InChI is InChI=1S/C44H45ClF3N7O5S/c1-27-30(11-12-35(40(27)45)58-22-21-54-19-17-52(2)18-20-54)38-39-37(24-49-41(38)32-8-6-9-33-31(32)14-16-53(33)3)61-51-42(39)60-36(43(56)57)23-28-7-4-5-10-34(28)59-25-29-13-15-50-55(29)26-44(46,47)48/h4-10,13-16,24,36H,11-12,17-23,25-26H2,1-3H3,(H,56,57)/t36-/m1/s1. The number of hydrogen-bond acceptors (Lipinski definition) is 10. The van der Waals surface area contributed by atoms with Gasteiger partial charge in [0.2, 0.25) is 12.0 Å². The van der Waals surface area contributed by atoms with E-state index in [1.165, 1.54) is 12.3 Å². The van der Waals surface area contributed by atoms with E-state index in [0.29, 0.717) is 51.6 Å². The Balaban J connectivity index is 1.14. The summed E-state index contributed by atoms with van der Waals surface area (Å²) in [4.78, 5) is 22.7. The number of allylic oxidation sites excluding steroid dienone is 4. The number of pyridine rings is 1. The second-order valence-electron chi connectivity index (χ2n) is 15.3. The van der Waals surface area contributed by atoms with Gasteiger partial charge in [-0.3, -0.25) is 14.6 Å². The van der Waals surface area contributed by atoms with E-state index in [1.807, 2.05) is 42.9 Å². The van der Waals surface area contributed by atoms with E-state index < -0.39 is 24.8 Å². The molecule has 0 bridgehead atoms. The number of fused-ring (bicyclic) bond motifs is 2. The Labute approximate surface area is 359 Å². The first kappa shape index (κ1) is 42.3. The summed E-state index contributed by atoms with van der Waals surface area (Å²) in [5, 5.41) is 16.5. The van der Waals surface area contributed by atoms with Crippen LogP contribution in [-0.4, -0.2) is 103 Å². The van der Waals surface area contributed by atoms with Crippen LogP contribution in [0.25, 0.3) is 37.8 Å². The second-order valence-corrected chi connectivity index (χ2v) is 16.5. The van der Waals surface area contributed by atoms with Crippen LogP contribution in [-0.2, 0) is 36.2 Å². The first-order chi connectivity index (χ1) is 29.3. The van der Waals surface area contributed by atoms with Crippen molar-refractivity contribution >= 4 is 55.7 Å². The molecule has 0 amide bonds. The second kappa shape index (κ2) is 17.9. The Hall–Kier alpha value is -5.42. The molecule has 2 aromatic carbocycles. The minimum atomic E-state index is -4.47. The summed E-state index contributed by atoms with van der Waals surface area (Å²) < 4.78 is 66.4. The van der Waals surface area contributed by atoms with Crippen LogP contribution in [0.3, 0.4) is 0 Å². The molecule has 1 N–H and O–H groups in total. The number of aliphatic carboxylic acids is 1. The molecule has 0 unspecified atom stereocenters. The summed E-state index contributed by atoms with van der Waals surface area (Å²) in [6.45, 7) is 5.86. The molecule has 320 valence electrons. The van der Waals surface area contributed by atoms with Crippen molar-refractivity contribution in [2.45, 2.75) is 51.6 Å². The molecule has 0 radical (unpaired) electrons. The van der Waals surface area contributed by atoms with Gasteiger partial charge in [0.1, 0.15) is 31.3 Å². The number of piperazine rings is 1. The van der Waals surface area contributed by atoms with Crippen LogP contribution < -0.4 is 9.47 Å². The molecule has 1 atom stereocenters. The maximum absolute atomic E-state index is 13.2. The molecule has 17 heteroatoms. The molecular weight excluding hydrogens is 831 g/mol. The van der Waals surface area contributed by atoms with Crippen molar-refractivity contribution in [2.24, 2.45) is 7.05 Å².